The summed E-state index contributed by atoms with van der Waals surface area (Å²) in [5, 5.41) is 0.864. The number of benzene rings is 1. The van der Waals surface area contributed by atoms with Gasteiger partial charge in [0.2, 0.25) is 5.95 Å². The minimum Gasteiger partial charge on any atom is -0.368 e. The van der Waals surface area contributed by atoms with Crippen LogP contribution in [0, 0.1) is 29.3 Å². The lowest BCUT2D eigenvalue weighted by atomic mass is 10.1. The Labute approximate surface area is 232 Å². The van der Waals surface area contributed by atoms with Crippen molar-refractivity contribution in [2.75, 3.05) is 12.3 Å². The summed E-state index contributed by atoms with van der Waals surface area (Å²) in [6.07, 6.45) is 4.79. The highest BCUT2D eigenvalue weighted by molar-refractivity contribution is 14.1. The average Bonchev–Trinajstić information content (AvgIpc) is 3.34. The standard InChI is InChI=1S/C27H22ClIN6O2/c1-15-12-31-20(16(2)22(15)29)14-34-13-17(21-23(28)32-27(30)33-24(21)34)8-4-3-7-11-35-25(36)18-9-5-6-10-19(18)26(35)37/h5-6,9-10,12-13H,3,7,11,14H2,1-2H3,(H2,30,32,33). The Hall–Kier alpha value is -3.49. The van der Waals surface area contributed by atoms with Crippen LogP contribution in [0.25, 0.3) is 11.0 Å². The lowest BCUT2D eigenvalue weighted by molar-refractivity contribution is 0.0653. The molecule has 0 atom stereocenters. The topological polar surface area (TPSA) is 107 Å². The fraction of sp³-hybridized carbons (Fsp3) is 0.222. The normalized spacial score (nSPS) is 12.7. The minimum atomic E-state index is -0.257. The maximum atomic E-state index is 12.5. The molecule has 8 nitrogen and oxygen atoms in total. The highest BCUT2D eigenvalue weighted by Crippen LogP contribution is 2.28. The molecule has 0 unspecified atom stereocenters. The third-order valence-electron chi connectivity index (χ3n) is 6.32. The number of nitrogens with zero attached hydrogens (tertiary/aromatic N) is 5. The molecule has 1 aromatic carbocycles. The van der Waals surface area contributed by atoms with E-state index in [0.29, 0.717) is 53.7 Å². The molecule has 2 amide bonds. The number of hydrogen-bond acceptors (Lipinski definition) is 6. The summed E-state index contributed by atoms with van der Waals surface area (Å²) in [7, 11) is 0. The van der Waals surface area contributed by atoms with Crippen molar-refractivity contribution < 1.29 is 9.59 Å². The molecule has 0 saturated carbocycles. The Morgan fingerprint density at radius 1 is 1.11 bits per heavy atom. The third kappa shape index (κ3) is 4.67. The number of amides is 2. The van der Waals surface area contributed by atoms with Gasteiger partial charge >= 0.3 is 0 Å². The van der Waals surface area contributed by atoms with Crippen LogP contribution < -0.4 is 5.73 Å². The van der Waals surface area contributed by atoms with Crippen molar-refractivity contribution >= 4 is 63.0 Å². The fourth-order valence-electron chi connectivity index (χ4n) is 4.37. The van der Waals surface area contributed by atoms with E-state index in [4.69, 9.17) is 17.3 Å². The molecule has 1 aliphatic rings. The molecule has 2 N–H and O–H groups in total. The van der Waals surface area contributed by atoms with Crippen LogP contribution in [0.5, 0.6) is 0 Å². The van der Waals surface area contributed by atoms with E-state index in [1.54, 1.807) is 24.3 Å². The first-order valence-electron chi connectivity index (χ1n) is 11.6. The summed E-state index contributed by atoms with van der Waals surface area (Å²) >= 11 is 8.78. The maximum Gasteiger partial charge on any atom is 0.261 e. The van der Waals surface area contributed by atoms with E-state index in [9.17, 15) is 9.59 Å². The van der Waals surface area contributed by atoms with Gasteiger partial charge in [-0.3, -0.25) is 19.5 Å². The van der Waals surface area contributed by atoms with Gasteiger partial charge in [0.05, 0.1) is 34.3 Å². The van der Waals surface area contributed by atoms with Gasteiger partial charge in [0, 0.05) is 28.9 Å². The van der Waals surface area contributed by atoms with Gasteiger partial charge in [0.15, 0.2) is 0 Å². The van der Waals surface area contributed by atoms with E-state index < -0.39 is 0 Å². The predicted molar refractivity (Wildman–Crippen MR) is 150 cm³/mol. The van der Waals surface area contributed by atoms with Crippen LogP contribution in [0.2, 0.25) is 5.15 Å². The molecule has 10 heteroatoms. The van der Waals surface area contributed by atoms with Crippen LogP contribution in [-0.2, 0) is 6.54 Å². The number of pyridine rings is 1. The van der Waals surface area contributed by atoms with Crippen LogP contribution in [-0.4, -0.2) is 42.8 Å². The van der Waals surface area contributed by atoms with Crippen molar-refractivity contribution in [3.63, 3.8) is 0 Å². The van der Waals surface area contributed by atoms with E-state index >= 15 is 0 Å². The second-order valence-corrected chi connectivity index (χ2v) is 10.2. The monoisotopic (exact) mass is 624 g/mol. The first-order valence-corrected chi connectivity index (χ1v) is 13.1. The van der Waals surface area contributed by atoms with E-state index in [1.807, 2.05) is 30.8 Å². The average molecular weight is 625 g/mol. The summed E-state index contributed by atoms with van der Waals surface area (Å²) in [6.45, 7) is 4.87. The van der Waals surface area contributed by atoms with Gasteiger partial charge in [-0.2, -0.15) is 4.98 Å². The van der Waals surface area contributed by atoms with Crippen LogP contribution >= 0.6 is 34.2 Å². The number of aryl methyl sites for hydroxylation is 1. The number of rotatable bonds is 5. The van der Waals surface area contributed by atoms with E-state index in [0.717, 1.165) is 16.8 Å². The second-order valence-electron chi connectivity index (χ2n) is 8.78. The molecule has 4 heterocycles. The van der Waals surface area contributed by atoms with Crippen molar-refractivity contribution in [3.05, 3.63) is 78.9 Å². The Morgan fingerprint density at radius 3 is 2.51 bits per heavy atom. The maximum absolute atomic E-state index is 12.5. The number of hydrogen-bond donors (Lipinski definition) is 1. The smallest absolute Gasteiger partial charge is 0.261 e. The number of halogens is 2. The zero-order valence-corrected chi connectivity index (χ0v) is 23.1. The molecule has 4 aromatic rings. The van der Waals surface area contributed by atoms with E-state index in [1.165, 1.54) is 8.47 Å². The number of anilines is 1. The Balaban J connectivity index is 1.36. The molecule has 0 saturated heterocycles. The number of carbonyl (C=O) groups excluding carboxylic acids is 2. The number of carbonyl (C=O) groups is 2. The summed E-state index contributed by atoms with van der Waals surface area (Å²) < 4.78 is 3.10. The van der Waals surface area contributed by atoms with Crippen molar-refractivity contribution in [3.8, 4) is 11.8 Å². The van der Waals surface area contributed by atoms with Gasteiger partial charge < -0.3 is 10.3 Å². The fourth-order valence-corrected chi connectivity index (χ4v) is 5.09. The first-order chi connectivity index (χ1) is 17.8. The highest BCUT2D eigenvalue weighted by atomic mass is 127. The molecule has 0 bridgehead atoms. The van der Waals surface area contributed by atoms with Gasteiger partial charge in [0.1, 0.15) is 10.8 Å². The Bertz CT molecular complexity index is 1620. The summed E-state index contributed by atoms with van der Waals surface area (Å²) in [5.74, 6) is 5.88. The highest BCUT2D eigenvalue weighted by Gasteiger charge is 2.34. The van der Waals surface area contributed by atoms with Crippen LogP contribution in [0.1, 0.15) is 55.9 Å². The molecule has 37 heavy (non-hydrogen) atoms. The van der Waals surface area contributed by atoms with Crippen LogP contribution in [0.3, 0.4) is 0 Å². The summed E-state index contributed by atoms with van der Waals surface area (Å²) in [5.41, 5.74) is 11.2. The molecule has 3 aromatic heterocycles. The predicted octanol–water partition coefficient (Wildman–Crippen LogP) is 4.76. The van der Waals surface area contributed by atoms with Gasteiger partial charge in [-0.05, 0) is 66.1 Å². The number of aromatic nitrogens is 4. The molecule has 5 rings (SSSR count). The second kappa shape index (κ2) is 10.1. The van der Waals surface area contributed by atoms with Gasteiger partial charge in [0.25, 0.3) is 11.8 Å². The number of unbranched alkanes of at least 4 members (excludes halogenated alkanes) is 1. The third-order valence-corrected chi connectivity index (χ3v) is 8.25. The molecule has 186 valence electrons. The molecule has 0 aliphatic carbocycles. The summed E-state index contributed by atoms with van der Waals surface area (Å²) in [4.78, 5) is 39.5. The van der Waals surface area contributed by atoms with E-state index in [-0.39, 0.29) is 22.9 Å². The van der Waals surface area contributed by atoms with Gasteiger partial charge in [-0.15, -0.1) is 0 Å². The van der Waals surface area contributed by atoms with Gasteiger partial charge in [-0.1, -0.05) is 35.6 Å². The number of nitrogens with two attached hydrogens (primary N) is 1. The quantitative estimate of drug-likeness (QED) is 0.113. The van der Waals surface area contributed by atoms with Crippen molar-refractivity contribution in [2.24, 2.45) is 0 Å². The Morgan fingerprint density at radius 2 is 1.81 bits per heavy atom. The molecule has 1 aliphatic heterocycles. The molecule has 0 radical (unpaired) electrons. The SMILES string of the molecule is Cc1cnc(Cn2cc(C#CCCCN3C(=O)c4ccccc4C3=O)c3c(Cl)nc(N)nc32)c(C)c1I. The van der Waals surface area contributed by atoms with Gasteiger partial charge in [-0.25, -0.2) is 4.98 Å². The minimum absolute atomic E-state index is 0.0838. The largest absolute Gasteiger partial charge is 0.368 e. The molecule has 0 spiro atoms. The number of imide groups is 1. The van der Waals surface area contributed by atoms with Crippen molar-refractivity contribution in [2.45, 2.75) is 33.2 Å². The lowest BCUT2D eigenvalue weighted by Gasteiger charge is -2.12. The zero-order valence-electron chi connectivity index (χ0n) is 20.2. The number of fused-ring (bicyclic) bond motifs is 2. The molecule has 0 fully saturated rings. The summed E-state index contributed by atoms with van der Waals surface area (Å²) in [6, 6.07) is 6.88. The van der Waals surface area contributed by atoms with E-state index in [2.05, 4.69) is 49.4 Å². The Kier molecular flexibility index (Phi) is 6.88. The first kappa shape index (κ1) is 25.2. The van der Waals surface area contributed by atoms with Crippen LogP contribution in [0.4, 0.5) is 5.95 Å². The molecular weight excluding hydrogens is 603 g/mol. The zero-order chi connectivity index (χ0) is 26.3. The lowest BCUT2D eigenvalue weighted by Crippen LogP contribution is -2.30. The van der Waals surface area contributed by atoms with Crippen LogP contribution in [0.15, 0.2) is 36.7 Å². The van der Waals surface area contributed by atoms with Crippen molar-refractivity contribution in [1.29, 1.82) is 0 Å². The molecular formula is C27H22ClIN6O2. The number of nitrogen functional groups attached to an aromatic ring is 1. The van der Waals surface area contributed by atoms with Crippen molar-refractivity contribution in [1.82, 2.24) is 24.4 Å².